The first-order valence-corrected chi connectivity index (χ1v) is 5.90. The quantitative estimate of drug-likeness (QED) is 0.818. The van der Waals surface area contributed by atoms with E-state index in [-0.39, 0.29) is 6.10 Å². The summed E-state index contributed by atoms with van der Waals surface area (Å²) in [7, 11) is 0. The van der Waals surface area contributed by atoms with Gasteiger partial charge in [-0.2, -0.15) is 4.98 Å². The molecule has 5 heteroatoms. The maximum atomic E-state index is 5.53. The molecule has 90 valence electrons. The zero-order chi connectivity index (χ0) is 11.4. The van der Waals surface area contributed by atoms with Crippen molar-refractivity contribution in [1.82, 2.24) is 15.5 Å². The van der Waals surface area contributed by atoms with Gasteiger partial charge in [0.15, 0.2) is 5.82 Å². The van der Waals surface area contributed by atoms with Crippen LogP contribution in [0.25, 0.3) is 0 Å². The first-order chi connectivity index (χ1) is 7.74. The Kier molecular flexibility index (Phi) is 3.90. The molecule has 0 aliphatic carbocycles. The van der Waals surface area contributed by atoms with Crippen molar-refractivity contribution in [3.05, 3.63) is 11.7 Å². The van der Waals surface area contributed by atoms with Crippen LogP contribution in [0.15, 0.2) is 4.52 Å². The molecular formula is C11H19N3O2. The van der Waals surface area contributed by atoms with E-state index in [1.807, 2.05) is 0 Å². The molecule has 0 amide bonds. The van der Waals surface area contributed by atoms with Crippen LogP contribution >= 0.6 is 0 Å². The lowest BCUT2D eigenvalue weighted by Gasteiger charge is -2.04. The van der Waals surface area contributed by atoms with E-state index in [9.17, 15) is 0 Å². The molecule has 1 aromatic heterocycles. The normalized spacial score (nSPS) is 20.8. The molecule has 1 unspecified atom stereocenters. The Morgan fingerprint density at radius 2 is 2.38 bits per heavy atom. The highest BCUT2D eigenvalue weighted by molar-refractivity contribution is 4.89. The molecule has 1 fully saturated rings. The second kappa shape index (κ2) is 5.41. The van der Waals surface area contributed by atoms with Crippen molar-refractivity contribution < 1.29 is 9.26 Å². The standard InChI is InChI=1S/C11H19N3O2/c1-8(2)12-7-11-13-10(14-16-11)6-9-4-3-5-15-9/h8-9,12H,3-7H2,1-2H3. The Hall–Kier alpha value is -0.940. The van der Waals surface area contributed by atoms with Gasteiger partial charge < -0.3 is 14.6 Å². The minimum absolute atomic E-state index is 0.281. The zero-order valence-electron chi connectivity index (χ0n) is 9.90. The highest BCUT2D eigenvalue weighted by atomic mass is 16.5. The summed E-state index contributed by atoms with van der Waals surface area (Å²) in [6.07, 6.45) is 3.30. The predicted octanol–water partition coefficient (Wildman–Crippen LogP) is 1.29. The second-order valence-electron chi connectivity index (χ2n) is 4.48. The van der Waals surface area contributed by atoms with E-state index in [0.717, 1.165) is 31.7 Å². The molecule has 0 saturated carbocycles. The van der Waals surface area contributed by atoms with Crippen molar-refractivity contribution >= 4 is 0 Å². The molecule has 1 saturated heterocycles. The van der Waals surface area contributed by atoms with Crippen LogP contribution in [0.4, 0.5) is 0 Å². The number of nitrogens with one attached hydrogen (secondary N) is 1. The van der Waals surface area contributed by atoms with Gasteiger partial charge >= 0.3 is 0 Å². The third kappa shape index (κ3) is 3.28. The van der Waals surface area contributed by atoms with Crippen LogP contribution in [0.5, 0.6) is 0 Å². The first kappa shape index (κ1) is 11.5. The Morgan fingerprint density at radius 3 is 3.06 bits per heavy atom. The van der Waals surface area contributed by atoms with Crippen LogP contribution in [-0.2, 0) is 17.7 Å². The molecule has 1 N–H and O–H groups in total. The third-order valence-electron chi connectivity index (χ3n) is 2.61. The third-order valence-corrected chi connectivity index (χ3v) is 2.61. The van der Waals surface area contributed by atoms with Gasteiger partial charge in [-0.25, -0.2) is 0 Å². The van der Waals surface area contributed by atoms with Gasteiger partial charge in [0, 0.05) is 19.1 Å². The van der Waals surface area contributed by atoms with E-state index < -0.39 is 0 Å². The second-order valence-corrected chi connectivity index (χ2v) is 4.48. The van der Waals surface area contributed by atoms with Crippen LogP contribution < -0.4 is 5.32 Å². The highest BCUT2D eigenvalue weighted by Crippen LogP contribution is 2.15. The number of aromatic nitrogens is 2. The molecule has 2 rings (SSSR count). The lowest BCUT2D eigenvalue weighted by atomic mass is 10.2. The SMILES string of the molecule is CC(C)NCc1nc(CC2CCCO2)no1. The van der Waals surface area contributed by atoms with Crippen molar-refractivity contribution in [1.29, 1.82) is 0 Å². The summed E-state index contributed by atoms with van der Waals surface area (Å²) >= 11 is 0. The molecule has 0 radical (unpaired) electrons. The van der Waals surface area contributed by atoms with Gasteiger partial charge in [0.1, 0.15) is 0 Å². The largest absolute Gasteiger partial charge is 0.378 e. The highest BCUT2D eigenvalue weighted by Gasteiger charge is 2.18. The van der Waals surface area contributed by atoms with Crippen molar-refractivity contribution in [3.8, 4) is 0 Å². The molecule has 2 heterocycles. The molecule has 0 bridgehead atoms. The van der Waals surface area contributed by atoms with Gasteiger partial charge in [-0.1, -0.05) is 19.0 Å². The number of hydrogen-bond donors (Lipinski definition) is 1. The smallest absolute Gasteiger partial charge is 0.240 e. The average molecular weight is 225 g/mol. The average Bonchev–Trinajstić information content (AvgIpc) is 2.87. The number of hydrogen-bond acceptors (Lipinski definition) is 5. The molecule has 1 atom stereocenters. The number of rotatable bonds is 5. The van der Waals surface area contributed by atoms with Crippen LogP contribution in [0.3, 0.4) is 0 Å². The fraction of sp³-hybridized carbons (Fsp3) is 0.818. The van der Waals surface area contributed by atoms with Gasteiger partial charge in [-0.05, 0) is 12.8 Å². The lowest BCUT2D eigenvalue weighted by molar-refractivity contribution is 0.109. The topological polar surface area (TPSA) is 60.2 Å². The maximum absolute atomic E-state index is 5.53. The van der Waals surface area contributed by atoms with E-state index in [1.54, 1.807) is 0 Å². The summed E-state index contributed by atoms with van der Waals surface area (Å²) in [5.41, 5.74) is 0. The maximum Gasteiger partial charge on any atom is 0.240 e. The van der Waals surface area contributed by atoms with Crippen molar-refractivity contribution in [2.45, 2.75) is 51.8 Å². The molecule has 1 aromatic rings. The summed E-state index contributed by atoms with van der Waals surface area (Å²) in [5.74, 6) is 1.41. The van der Waals surface area contributed by atoms with Crippen molar-refractivity contribution in [2.75, 3.05) is 6.61 Å². The van der Waals surface area contributed by atoms with Crippen LogP contribution in [0.1, 0.15) is 38.4 Å². The van der Waals surface area contributed by atoms with E-state index in [0.29, 0.717) is 18.5 Å². The first-order valence-electron chi connectivity index (χ1n) is 5.90. The summed E-state index contributed by atoms with van der Waals surface area (Å²) in [5, 5.41) is 7.19. The molecule has 5 nitrogen and oxygen atoms in total. The van der Waals surface area contributed by atoms with Crippen LogP contribution in [0.2, 0.25) is 0 Å². The fourth-order valence-electron chi connectivity index (χ4n) is 1.75. The minimum Gasteiger partial charge on any atom is -0.378 e. The molecule has 1 aliphatic rings. The van der Waals surface area contributed by atoms with Gasteiger partial charge in [-0.15, -0.1) is 0 Å². The summed E-state index contributed by atoms with van der Waals surface area (Å²) in [6, 6.07) is 0.425. The predicted molar refractivity (Wildman–Crippen MR) is 59.0 cm³/mol. The van der Waals surface area contributed by atoms with E-state index >= 15 is 0 Å². The van der Waals surface area contributed by atoms with Crippen LogP contribution in [-0.4, -0.2) is 28.9 Å². The molecule has 1 aliphatic heterocycles. The summed E-state index contributed by atoms with van der Waals surface area (Å²) in [4.78, 5) is 4.33. The van der Waals surface area contributed by atoms with Crippen molar-refractivity contribution in [3.63, 3.8) is 0 Å². The van der Waals surface area contributed by atoms with E-state index in [2.05, 4.69) is 29.3 Å². The molecule has 16 heavy (non-hydrogen) atoms. The number of nitrogens with zero attached hydrogens (tertiary/aromatic N) is 2. The van der Waals surface area contributed by atoms with Gasteiger partial charge in [-0.3, -0.25) is 0 Å². The molecular weight excluding hydrogens is 206 g/mol. The molecule has 0 spiro atoms. The van der Waals surface area contributed by atoms with Gasteiger partial charge in [0.2, 0.25) is 5.89 Å². The lowest BCUT2D eigenvalue weighted by Crippen LogP contribution is -2.22. The van der Waals surface area contributed by atoms with Gasteiger partial charge in [0.05, 0.1) is 12.6 Å². The monoisotopic (exact) mass is 225 g/mol. The Balaban J connectivity index is 1.81. The Labute approximate surface area is 95.6 Å². The fourth-order valence-corrected chi connectivity index (χ4v) is 1.75. The zero-order valence-corrected chi connectivity index (χ0v) is 9.90. The summed E-state index contributed by atoms with van der Waals surface area (Å²) < 4.78 is 10.7. The number of ether oxygens (including phenoxy) is 1. The summed E-state index contributed by atoms with van der Waals surface area (Å²) in [6.45, 7) is 5.67. The Morgan fingerprint density at radius 1 is 1.50 bits per heavy atom. The Bertz CT molecular complexity index is 319. The minimum atomic E-state index is 0.281. The van der Waals surface area contributed by atoms with Crippen molar-refractivity contribution in [2.24, 2.45) is 0 Å². The van der Waals surface area contributed by atoms with E-state index in [4.69, 9.17) is 9.26 Å². The van der Waals surface area contributed by atoms with E-state index in [1.165, 1.54) is 0 Å². The molecule has 0 aromatic carbocycles. The van der Waals surface area contributed by atoms with Gasteiger partial charge in [0.25, 0.3) is 0 Å². The van der Waals surface area contributed by atoms with Crippen LogP contribution in [0, 0.1) is 0 Å².